The van der Waals surface area contributed by atoms with E-state index in [0.717, 1.165) is 35.0 Å². The molecule has 0 radical (unpaired) electrons. The summed E-state index contributed by atoms with van der Waals surface area (Å²) in [5.74, 6) is 0.645. The zero-order chi connectivity index (χ0) is 14.3. The Kier molecular flexibility index (Phi) is 3.33. The topological polar surface area (TPSA) is 30.0 Å². The molecule has 0 saturated carbocycles. The normalized spacial score (nSPS) is 14.6. The molecule has 3 rings (SSSR count). The number of aromatic nitrogens is 1. The van der Waals surface area contributed by atoms with Crippen molar-refractivity contribution in [3.63, 3.8) is 0 Å². The monoisotopic (exact) mass is 267 g/mol. The van der Waals surface area contributed by atoms with Crippen LogP contribution in [0.1, 0.15) is 66.7 Å². The Labute approximate surface area is 120 Å². The Bertz CT molecular complexity index is 685. The lowest BCUT2D eigenvalue weighted by Crippen LogP contribution is -2.12. The van der Waals surface area contributed by atoms with Gasteiger partial charge in [0, 0.05) is 16.6 Å². The van der Waals surface area contributed by atoms with Crippen LogP contribution in [-0.2, 0) is 12.8 Å². The fourth-order valence-electron chi connectivity index (χ4n) is 3.20. The molecule has 0 fully saturated rings. The minimum absolute atomic E-state index is 0.177. The van der Waals surface area contributed by atoms with Crippen molar-refractivity contribution in [2.24, 2.45) is 0 Å². The first kappa shape index (κ1) is 13.3. The summed E-state index contributed by atoms with van der Waals surface area (Å²) in [5.41, 5.74) is 5.52. The minimum atomic E-state index is 0.177. The molecule has 0 N–H and O–H groups in total. The largest absolute Gasteiger partial charge is 0.294 e. The maximum atomic E-state index is 12.2. The third kappa shape index (κ3) is 2.13. The zero-order valence-electron chi connectivity index (χ0n) is 12.5. The lowest BCUT2D eigenvalue weighted by Gasteiger charge is -2.20. The van der Waals surface area contributed by atoms with Crippen LogP contribution in [-0.4, -0.2) is 10.8 Å². The first-order valence-electron chi connectivity index (χ1n) is 7.54. The summed E-state index contributed by atoms with van der Waals surface area (Å²) in [6, 6.07) is 6.38. The molecule has 0 aliphatic heterocycles. The molecule has 0 spiro atoms. The van der Waals surface area contributed by atoms with Crippen LogP contribution in [0.4, 0.5) is 0 Å². The molecular weight excluding hydrogens is 246 g/mol. The van der Waals surface area contributed by atoms with Crippen molar-refractivity contribution >= 4 is 16.7 Å². The van der Waals surface area contributed by atoms with Gasteiger partial charge >= 0.3 is 0 Å². The number of rotatable bonds is 2. The van der Waals surface area contributed by atoms with Crippen molar-refractivity contribution in [2.75, 3.05) is 0 Å². The summed E-state index contributed by atoms with van der Waals surface area (Å²) in [5, 5.41) is 1.05. The molecule has 20 heavy (non-hydrogen) atoms. The summed E-state index contributed by atoms with van der Waals surface area (Å²) < 4.78 is 0. The third-order valence-electron chi connectivity index (χ3n) is 4.30. The van der Waals surface area contributed by atoms with E-state index in [1.807, 2.05) is 0 Å². The van der Waals surface area contributed by atoms with Crippen molar-refractivity contribution in [1.29, 1.82) is 0 Å². The van der Waals surface area contributed by atoms with Gasteiger partial charge in [-0.3, -0.25) is 9.78 Å². The summed E-state index contributed by atoms with van der Waals surface area (Å²) in [6.45, 7) is 6.05. The molecule has 104 valence electrons. The standard InChI is InChI=1S/C18H21NO/c1-11(2)13-8-9-17-15(10-13)18(12(3)20)14-6-4-5-7-16(14)19-17/h8-11H,4-7H2,1-3H3. The van der Waals surface area contributed by atoms with E-state index in [1.165, 1.54) is 24.0 Å². The molecule has 1 aliphatic carbocycles. The smallest absolute Gasteiger partial charge is 0.160 e. The number of hydrogen-bond donors (Lipinski definition) is 0. The van der Waals surface area contributed by atoms with Crippen LogP contribution in [0.3, 0.4) is 0 Å². The van der Waals surface area contributed by atoms with Crippen LogP contribution in [0.2, 0.25) is 0 Å². The number of carbonyl (C=O) groups is 1. The summed E-state index contributed by atoms with van der Waals surface area (Å²) in [4.78, 5) is 17.0. The molecule has 2 aromatic rings. The molecule has 0 saturated heterocycles. The van der Waals surface area contributed by atoms with Gasteiger partial charge in [-0.25, -0.2) is 0 Å². The highest BCUT2D eigenvalue weighted by atomic mass is 16.1. The highest BCUT2D eigenvalue weighted by Crippen LogP contribution is 2.31. The van der Waals surface area contributed by atoms with Gasteiger partial charge in [-0.1, -0.05) is 19.9 Å². The highest BCUT2D eigenvalue weighted by molar-refractivity contribution is 6.07. The van der Waals surface area contributed by atoms with Crippen LogP contribution in [0, 0.1) is 0 Å². The molecule has 1 aliphatic rings. The maximum Gasteiger partial charge on any atom is 0.160 e. The number of hydrogen-bond acceptors (Lipinski definition) is 2. The number of carbonyl (C=O) groups excluding carboxylic acids is 1. The number of pyridine rings is 1. The SMILES string of the molecule is CC(=O)c1c2c(nc3ccc(C(C)C)cc13)CCCC2. The van der Waals surface area contributed by atoms with Gasteiger partial charge in [0.25, 0.3) is 0 Å². The molecule has 0 unspecified atom stereocenters. The molecule has 0 atom stereocenters. The van der Waals surface area contributed by atoms with Crippen molar-refractivity contribution in [3.05, 3.63) is 40.6 Å². The molecule has 1 aromatic heterocycles. The maximum absolute atomic E-state index is 12.2. The Morgan fingerprint density at radius 3 is 2.65 bits per heavy atom. The average molecular weight is 267 g/mol. The van der Waals surface area contributed by atoms with E-state index in [4.69, 9.17) is 4.98 Å². The minimum Gasteiger partial charge on any atom is -0.294 e. The first-order valence-corrected chi connectivity index (χ1v) is 7.54. The summed E-state index contributed by atoms with van der Waals surface area (Å²) >= 11 is 0. The molecule has 1 aromatic carbocycles. The van der Waals surface area contributed by atoms with Gasteiger partial charge in [0.2, 0.25) is 0 Å². The summed E-state index contributed by atoms with van der Waals surface area (Å²) in [7, 11) is 0. The van der Waals surface area contributed by atoms with E-state index < -0.39 is 0 Å². The quantitative estimate of drug-likeness (QED) is 0.753. The van der Waals surface area contributed by atoms with E-state index in [-0.39, 0.29) is 5.78 Å². The average Bonchev–Trinajstić information content (AvgIpc) is 2.43. The lowest BCUT2D eigenvalue weighted by atomic mass is 9.87. The van der Waals surface area contributed by atoms with Crippen LogP contribution in [0.5, 0.6) is 0 Å². The highest BCUT2D eigenvalue weighted by Gasteiger charge is 2.20. The summed E-state index contributed by atoms with van der Waals surface area (Å²) in [6.07, 6.45) is 4.37. The van der Waals surface area contributed by atoms with Crippen LogP contribution in [0.25, 0.3) is 10.9 Å². The lowest BCUT2D eigenvalue weighted by molar-refractivity contribution is 0.101. The fourth-order valence-corrected chi connectivity index (χ4v) is 3.20. The molecule has 2 heteroatoms. The van der Waals surface area contributed by atoms with Gasteiger partial charge in [0.1, 0.15) is 0 Å². The Morgan fingerprint density at radius 1 is 1.20 bits per heavy atom. The fraction of sp³-hybridized carbons (Fsp3) is 0.444. The van der Waals surface area contributed by atoms with Crippen molar-refractivity contribution in [3.8, 4) is 0 Å². The van der Waals surface area contributed by atoms with E-state index in [1.54, 1.807) is 6.92 Å². The second-order valence-electron chi connectivity index (χ2n) is 6.11. The zero-order valence-corrected chi connectivity index (χ0v) is 12.5. The predicted octanol–water partition coefficient (Wildman–Crippen LogP) is 4.44. The number of nitrogens with zero attached hydrogens (tertiary/aromatic N) is 1. The Hall–Kier alpha value is -1.70. The molecular formula is C18H21NO. The third-order valence-corrected chi connectivity index (χ3v) is 4.30. The number of benzene rings is 1. The number of Topliss-reactive ketones (excluding diaryl/α,β-unsaturated/α-hetero) is 1. The van der Waals surface area contributed by atoms with Crippen molar-refractivity contribution in [2.45, 2.75) is 52.4 Å². The Morgan fingerprint density at radius 2 is 1.95 bits per heavy atom. The van der Waals surface area contributed by atoms with E-state index in [2.05, 4.69) is 32.0 Å². The first-order chi connectivity index (χ1) is 9.58. The van der Waals surface area contributed by atoms with Gasteiger partial charge in [0.15, 0.2) is 5.78 Å². The van der Waals surface area contributed by atoms with Gasteiger partial charge < -0.3 is 0 Å². The number of aryl methyl sites for hydroxylation is 1. The van der Waals surface area contributed by atoms with Gasteiger partial charge in [-0.15, -0.1) is 0 Å². The number of ketones is 1. The van der Waals surface area contributed by atoms with Crippen molar-refractivity contribution < 1.29 is 4.79 Å². The second-order valence-corrected chi connectivity index (χ2v) is 6.11. The van der Waals surface area contributed by atoms with Gasteiger partial charge in [0.05, 0.1) is 5.52 Å². The second kappa shape index (κ2) is 5.01. The van der Waals surface area contributed by atoms with Gasteiger partial charge in [-0.05, 0) is 61.8 Å². The predicted molar refractivity (Wildman–Crippen MR) is 82.5 cm³/mol. The van der Waals surface area contributed by atoms with E-state index >= 15 is 0 Å². The number of fused-ring (bicyclic) bond motifs is 2. The van der Waals surface area contributed by atoms with Crippen LogP contribution >= 0.6 is 0 Å². The van der Waals surface area contributed by atoms with E-state index in [9.17, 15) is 4.79 Å². The van der Waals surface area contributed by atoms with Crippen LogP contribution < -0.4 is 0 Å². The molecule has 0 amide bonds. The van der Waals surface area contributed by atoms with Crippen molar-refractivity contribution in [1.82, 2.24) is 4.98 Å². The molecule has 1 heterocycles. The Balaban J connectivity index is 2.34. The van der Waals surface area contributed by atoms with Gasteiger partial charge in [-0.2, -0.15) is 0 Å². The molecule has 0 bridgehead atoms. The molecule has 2 nitrogen and oxygen atoms in total. The van der Waals surface area contributed by atoms with E-state index in [0.29, 0.717) is 5.92 Å². The van der Waals surface area contributed by atoms with Crippen LogP contribution in [0.15, 0.2) is 18.2 Å².